The smallest absolute Gasteiger partial charge is 0.264 e. The maximum absolute atomic E-state index is 12.3. The van der Waals surface area contributed by atoms with Crippen LogP contribution in [0.5, 0.6) is 0 Å². The van der Waals surface area contributed by atoms with Crippen molar-refractivity contribution in [3.63, 3.8) is 0 Å². The summed E-state index contributed by atoms with van der Waals surface area (Å²) in [5.74, 6) is 5.31. The molecular weight excluding hydrogens is 262 g/mol. The normalized spacial score (nSPS) is 10.2. The van der Waals surface area contributed by atoms with Crippen molar-refractivity contribution in [2.75, 3.05) is 19.8 Å². The van der Waals surface area contributed by atoms with Crippen molar-refractivity contribution in [3.05, 3.63) is 21.9 Å². The van der Waals surface area contributed by atoms with E-state index in [2.05, 4.69) is 11.8 Å². The molecule has 1 aromatic heterocycles. The molecular formula is C14H19NO3S. The third-order valence-corrected chi connectivity index (χ3v) is 3.54. The van der Waals surface area contributed by atoms with Crippen LogP contribution in [-0.4, -0.2) is 46.8 Å². The summed E-state index contributed by atoms with van der Waals surface area (Å²) in [5.41, 5.74) is 0. The minimum Gasteiger partial charge on any atom is -0.396 e. The Labute approximate surface area is 117 Å². The molecule has 104 valence electrons. The van der Waals surface area contributed by atoms with Crippen molar-refractivity contribution in [1.29, 1.82) is 0 Å². The van der Waals surface area contributed by atoms with Gasteiger partial charge in [-0.25, -0.2) is 0 Å². The summed E-state index contributed by atoms with van der Waals surface area (Å²) in [6, 6.07) is 3.63. The van der Waals surface area contributed by atoms with E-state index in [1.54, 1.807) is 17.0 Å². The molecule has 0 aliphatic heterocycles. The van der Waals surface area contributed by atoms with Gasteiger partial charge in [0.25, 0.3) is 5.91 Å². The molecule has 0 spiro atoms. The lowest BCUT2D eigenvalue weighted by atomic mass is 10.2. The third-order valence-electron chi connectivity index (χ3n) is 2.55. The van der Waals surface area contributed by atoms with Gasteiger partial charge in [0.1, 0.15) is 6.61 Å². The lowest BCUT2D eigenvalue weighted by Crippen LogP contribution is -2.37. The molecule has 1 aromatic rings. The van der Waals surface area contributed by atoms with Crippen molar-refractivity contribution >= 4 is 17.2 Å². The molecule has 19 heavy (non-hydrogen) atoms. The largest absolute Gasteiger partial charge is 0.396 e. The molecule has 5 heteroatoms. The zero-order valence-electron chi connectivity index (χ0n) is 11.2. The van der Waals surface area contributed by atoms with Gasteiger partial charge in [0, 0.05) is 19.2 Å². The summed E-state index contributed by atoms with van der Waals surface area (Å²) < 4.78 is 0. The molecule has 1 rings (SSSR count). The van der Waals surface area contributed by atoms with Gasteiger partial charge < -0.3 is 15.1 Å². The van der Waals surface area contributed by atoms with Crippen LogP contribution in [0.15, 0.2) is 12.1 Å². The first-order chi connectivity index (χ1) is 9.10. The maximum Gasteiger partial charge on any atom is 0.264 e. The molecule has 2 N–H and O–H groups in total. The van der Waals surface area contributed by atoms with E-state index in [1.807, 2.05) is 13.8 Å². The fraction of sp³-hybridized carbons (Fsp3) is 0.500. The van der Waals surface area contributed by atoms with Gasteiger partial charge >= 0.3 is 0 Å². The Morgan fingerprint density at radius 3 is 2.74 bits per heavy atom. The number of hydrogen-bond acceptors (Lipinski definition) is 4. The average molecular weight is 281 g/mol. The highest BCUT2D eigenvalue weighted by molar-refractivity contribution is 7.14. The number of amides is 1. The van der Waals surface area contributed by atoms with Gasteiger partial charge in [0.2, 0.25) is 0 Å². The quantitative estimate of drug-likeness (QED) is 0.800. The molecule has 0 saturated carbocycles. The Kier molecular flexibility index (Phi) is 6.57. The van der Waals surface area contributed by atoms with Gasteiger partial charge in [-0.2, -0.15) is 0 Å². The van der Waals surface area contributed by atoms with Crippen molar-refractivity contribution < 1.29 is 15.0 Å². The highest BCUT2D eigenvalue weighted by Gasteiger charge is 2.19. The van der Waals surface area contributed by atoms with Gasteiger partial charge in [0.15, 0.2) is 0 Å². The van der Waals surface area contributed by atoms with E-state index in [9.17, 15) is 4.79 Å². The van der Waals surface area contributed by atoms with E-state index in [1.165, 1.54) is 11.3 Å². The minimum absolute atomic E-state index is 0.0366. The highest BCUT2D eigenvalue weighted by atomic mass is 32.1. The fourth-order valence-electron chi connectivity index (χ4n) is 1.62. The summed E-state index contributed by atoms with van der Waals surface area (Å²) in [5, 5.41) is 17.5. The fourth-order valence-corrected chi connectivity index (χ4v) is 2.46. The Bertz CT molecular complexity index is 471. The first-order valence-electron chi connectivity index (χ1n) is 6.21. The molecule has 0 aliphatic carbocycles. The molecule has 0 saturated heterocycles. The summed E-state index contributed by atoms with van der Waals surface area (Å²) in [6.45, 7) is 4.34. The van der Waals surface area contributed by atoms with Crippen LogP contribution in [0.2, 0.25) is 0 Å². The van der Waals surface area contributed by atoms with E-state index in [0.717, 1.165) is 4.88 Å². The summed E-state index contributed by atoms with van der Waals surface area (Å²) in [4.78, 5) is 15.5. The predicted molar refractivity (Wildman–Crippen MR) is 76.2 cm³/mol. The van der Waals surface area contributed by atoms with Gasteiger partial charge in [-0.3, -0.25) is 4.79 Å². The summed E-state index contributed by atoms with van der Waals surface area (Å²) in [6.07, 6.45) is 0.576. The first kappa shape index (κ1) is 15.7. The second kappa shape index (κ2) is 7.95. The van der Waals surface area contributed by atoms with Crippen LogP contribution in [0.4, 0.5) is 0 Å². The minimum atomic E-state index is -0.185. The van der Waals surface area contributed by atoms with Crippen molar-refractivity contribution in [2.45, 2.75) is 26.3 Å². The molecule has 0 radical (unpaired) electrons. The highest BCUT2D eigenvalue weighted by Crippen LogP contribution is 2.19. The van der Waals surface area contributed by atoms with Crippen molar-refractivity contribution in [3.8, 4) is 11.8 Å². The Balaban J connectivity index is 2.81. The molecule has 0 aromatic carbocycles. The van der Waals surface area contributed by atoms with Crippen LogP contribution < -0.4 is 0 Å². The van der Waals surface area contributed by atoms with Crippen molar-refractivity contribution in [1.82, 2.24) is 4.90 Å². The van der Waals surface area contributed by atoms with Crippen LogP contribution in [0.25, 0.3) is 0 Å². The molecule has 0 bridgehead atoms. The topological polar surface area (TPSA) is 60.8 Å². The molecule has 0 fully saturated rings. The maximum atomic E-state index is 12.3. The van der Waals surface area contributed by atoms with Gasteiger partial charge in [0.05, 0.1) is 9.75 Å². The van der Waals surface area contributed by atoms with Gasteiger partial charge in [-0.1, -0.05) is 11.8 Å². The predicted octanol–water partition coefficient (Wildman–Crippen LogP) is 1.32. The average Bonchev–Trinajstić information content (AvgIpc) is 2.85. The Hall–Kier alpha value is -1.35. The van der Waals surface area contributed by atoms with E-state index in [0.29, 0.717) is 17.8 Å². The third kappa shape index (κ3) is 4.67. The van der Waals surface area contributed by atoms with E-state index in [4.69, 9.17) is 10.2 Å². The second-order valence-corrected chi connectivity index (χ2v) is 5.38. The van der Waals surface area contributed by atoms with Gasteiger partial charge in [-0.05, 0) is 32.4 Å². The molecule has 0 aliphatic rings. The molecule has 1 heterocycles. The first-order valence-corrected chi connectivity index (χ1v) is 7.03. The number of hydrogen-bond donors (Lipinski definition) is 2. The van der Waals surface area contributed by atoms with Crippen LogP contribution in [0.1, 0.15) is 34.8 Å². The molecule has 0 atom stereocenters. The zero-order chi connectivity index (χ0) is 14.3. The van der Waals surface area contributed by atoms with Crippen LogP contribution in [-0.2, 0) is 0 Å². The van der Waals surface area contributed by atoms with E-state index >= 15 is 0 Å². The Morgan fingerprint density at radius 1 is 1.42 bits per heavy atom. The van der Waals surface area contributed by atoms with Crippen LogP contribution in [0, 0.1) is 11.8 Å². The molecule has 1 amide bonds. The number of nitrogens with zero attached hydrogens (tertiary/aromatic N) is 1. The number of thiophene rings is 1. The van der Waals surface area contributed by atoms with E-state index < -0.39 is 0 Å². The van der Waals surface area contributed by atoms with E-state index in [-0.39, 0.29) is 25.2 Å². The van der Waals surface area contributed by atoms with Crippen LogP contribution in [0.3, 0.4) is 0 Å². The van der Waals surface area contributed by atoms with Gasteiger partial charge in [-0.15, -0.1) is 11.3 Å². The SMILES string of the molecule is CC(C)N(CCCO)C(=O)c1ccc(C#CCO)s1. The molecule has 0 unspecified atom stereocenters. The van der Waals surface area contributed by atoms with Crippen molar-refractivity contribution in [2.24, 2.45) is 0 Å². The zero-order valence-corrected chi connectivity index (χ0v) is 12.0. The second-order valence-electron chi connectivity index (χ2n) is 4.29. The number of rotatable bonds is 5. The standard InChI is InChI=1S/C14H19NO3S/c1-11(2)15(8-4-10-17)14(18)13-7-6-12(19-13)5-3-9-16/h6-7,11,16-17H,4,8-10H2,1-2H3. The van der Waals surface area contributed by atoms with Crippen LogP contribution >= 0.6 is 11.3 Å². The molecule has 4 nitrogen and oxygen atoms in total. The lowest BCUT2D eigenvalue weighted by Gasteiger charge is -2.25. The lowest BCUT2D eigenvalue weighted by molar-refractivity contribution is 0.0698. The number of aliphatic hydroxyl groups excluding tert-OH is 2. The summed E-state index contributed by atoms with van der Waals surface area (Å²) in [7, 11) is 0. The number of aliphatic hydroxyl groups is 2. The number of carbonyl (C=O) groups excluding carboxylic acids is 1. The summed E-state index contributed by atoms with van der Waals surface area (Å²) >= 11 is 1.32. The monoisotopic (exact) mass is 281 g/mol. The Morgan fingerprint density at radius 2 is 2.16 bits per heavy atom. The number of carbonyl (C=O) groups is 1.